The number of carbonyl (C=O) groups is 12. The zero-order valence-electron chi connectivity index (χ0n) is 64.4. The summed E-state index contributed by atoms with van der Waals surface area (Å²) >= 11 is 0. The maximum absolute atomic E-state index is 15.7. The molecule has 1 aliphatic carbocycles. The Hall–Kier alpha value is -8.16. The van der Waals surface area contributed by atoms with Crippen LogP contribution in [0.15, 0.2) is 36.4 Å². The molecule has 2 aromatic carbocycles. The van der Waals surface area contributed by atoms with Gasteiger partial charge in [0.2, 0.25) is 47.3 Å². The third kappa shape index (κ3) is 15.9. The summed E-state index contributed by atoms with van der Waals surface area (Å²) < 4.78 is 6.06. The topological polar surface area (TPSA) is 416 Å². The number of β-amino-alcohol motifs (C(OH)–C–C–N with tert-alkyl or cyclic N) is 1. The molecule has 30 nitrogen and oxygen atoms in total. The second kappa shape index (κ2) is 31.8. The number of hydrogen-bond donors (Lipinski definition) is 12. The molecule has 7 heterocycles. The van der Waals surface area contributed by atoms with Gasteiger partial charge < -0.3 is 81.8 Å². The molecule has 8 aliphatic rings. The molecule has 2 aromatic rings. The highest BCUT2D eigenvalue weighted by atomic mass is 16.6. The van der Waals surface area contributed by atoms with E-state index in [1.165, 1.54) is 35.6 Å². The number of cyclic esters (lactones) is 1. The Morgan fingerprint density at radius 3 is 1.70 bits per heavy atom. The number of carbonyl (C=O) groups excluding carboxylic acids is 12. The van der Waals surface area contributed by atoms with Gasteiger partial charge in [-0.25, -0.2) is 10.2 Å². The van der Waals surface area contributed by atoms with Crippen LogP contribution in [0.1, 0.15) is 172 Å². The predicted octanol–water partition coefficient (Wildman–Crippen LogP) is 0.944. The van der Waals surface area contributed by atoms with Crippen LogP contribution in [-0.2, 0) is 79.9 Å². The molecular weight excluding hydrogens is 1380 g/mol. The standard InChI is InChI=1S/C77H112N12O18/c1-34(2)23-51-57(93)30-47(41(14)90)69(99)87-55(67(97)82-59(36(5)6)70(100)85(16)62(38(9)10)72(102)89-54(66(96)79-51)29-46(92)33-78-89)31-76(105)48-26-43(17-18-45(48)28-58(76)87)44-19-20-50-49(27-44)77(106)32-56-68(98)83-60(37(7)8)74(104)107-63(39(11)12)73(103)86-22-21-40(13)25-53(86)65(95)80-52(24-35(3)4)64(94)84-61(42(15)91)71(101)88(56)75(77)81-50/h17-20,26-27,34-42,46-47,51-56,58-63,75,78,81,90-92,105-106H,21-25,28-33H2,1-16H3,(H,79,96)(H,80,95)(H,82,97)(H,83,98)(H,84,94)/t40-,41-,42-,46+,47+,51-,52-,53+,54+,55-,56-,58+,59+,60+,61+,62-,63-,75-,76+,77+/m0/s1. The second-order valence-electron chi connectivity index (χ2n) is 33.7. The fourth-order valence-electron chi connectivity index (χ4n) is 17.2. The highest BCUT2D eigenvalue weighted by molar-refractivity contribution is 6.01. The number of benzene rings is 2. The van der Waals surface area contributed by atoms with Crippen LogP contribution >= 0.6 is 0 Å². The van der Waals surface area contributed by atoms with Gasteiger partial charge in [0.1, 0.15) is 71.7 Å². The molecule has 0 saturated carbocycles. The number of amides is 10. The van der Waals surface area contributed by atoms with Crippen molar-refractivity contribution >= 4 is 76.5 Å². The van der Waals surface area contributed by atoms with Gasteiger partial charge in [-0.1, -0.05) is 108 Å². The second-order valence-corrected chi connectivity index (χ2v) is 33.7. The third-order valence-electron chi connectivity index (χ3n) is 23.1. The number of fused-ring (bicyclic) bond motifs is 12. The van der Waals surface area contributed by atoms with Crippen molar-refractivity contribution in [1.29, 1.82) is 0 Å². The van der Waals surface area contributed by atoms with Crippen molar-refractivity contribution in [2.75, 3.05) is 25.5 Å². The maximum atomic E-state index is 15.7. The summed E-state index contributed by atoms with van der Waals surface area (Å²) in [4.78, 5) is 185. The zero-order chi connectivity index (χ0) is 78.8. The summed E-state index contributed by atoms with van der Waals surface area (Å²) in [5.41, 5.74) is 0.865. The first-order chi connectivity index (χ1) is 50.1. The Labute approximate surface area is 625 Å². The molecule has 0 radical (unpaired) electrons. The van der Waals surface area contributed by atoms with Gasteiger partial charge in [-0.05, 0) is 128 Å². The first-order valence-electron chi connectivity index (χ1n) is 38.2. The van der Waals surface area contributed by atoms with Gasteiger partial charge in [0, 0.05) is 57.1 Å². The molecule has 20 atom stereocenters. The van der Waals surface area contributed by atoms with Gasteiger partial charge in [-0.3, -0.25) is 57.7 Å². The molecule has 6 fully saturated rings. The predicted molar refractivity (Wildman–Crippen MR) is 389 cm³/mol. The lowest BCUT2D eigenvalue weighted by Crippen LogP contribution is -2.67. The first kappa shape index (κ1) is 81.4. The van der Waals surface area contributed by atoms with E-state index in [2.05, 4.69) is 37.3 Å². The number of rotatable bonds is 11. The Morgan fingerprint density at radius 1 is 0.542 bits per heavy atom. The Morgan fingerprint density at radius 2 is 1.10 bits per heavy atom. The highest BCUT2D eigenvalue weighted by Crippen LogP contribution is 2.53. The number of esters is 1. The van der Waals surface area contributed by atoms with Gasteiger partial charge >= 0.3 is 5.97 Å². The van der Waals surface area contributed by atoms with Crippen molar-refractivity contribution in [2.24, 2.45) is 47.3 Å². The lowest BCUT2D eigenvalue weighted by Gasteiger charge is -2.42. The van der Waals surface area contributed by atoms with Crippen molar-refractivity contribution in [3.63, 3.8) is 0 Å². The van der Waals surface area contributed by atoms with E-state index in [4.69, 9.17) is 4.74 Å². The molecule has 6 saturated heterocycles. The number of hydrogen-bond acceptors (Lipinski definition) is 20. The fourth-order valence-corrected chi connectivity index (χ4v) is 17.2. The Bertz CT molecular complexity index is 3810. The average molecular weight is 1490 g/mol. The van der Waals surface area contributed by atoms with Gasteiger partial charge in [0.25, 0.3) is 11.8 Å². The molecular formula is C77H112N12O18. The molecule has 107 heavy (non-hydrogen) atoms. The fraction of sp³-hybridized carbons (Fsp3) is 0.688. The van der Waals surface area contributed by atoms with Crippen molar-refractivity contribution in [3.05, 3.63) is 53.1 Å². The number of aliphatic hydroxyl groups excluding tert-OH is 3. The van der Waals surface area contributed by atoms with Crippen LogP contribution in [-0.4, -0.2) is 238 Å². The summed E-state index contributed by atoms with van der Waals surface area (Å²) in [5.74, 6) is -14.2. The quantitative estimate of drug-likeness (QED) is 0.139. The minimum Gasteiger partial charge on any atom is -0.450 e. The monoisotopic (exact) mass is 1490 g/mol. The molecule has 12 N–H and O–H groups in total. The number of hydrazine groups is 1. The molecule has 0 bridgehead atoms. The molecule has 0 unspecified atom stereocenters. The summed E-state index contributed by atoms with van der Waals surface area (Å²) in [5, 5.41) is 79.3. The van der Waals surface area contributed by atoms with Crippen LogP contribution in [0.5, 0.6) is 0 Å². The van der Waals surface area contributed by atoms with Crippen molar-refractivity contribution in [1.82, 2.24) is 56.6 Å². The number of nitrogens with zero attached hydrogens (tertiary/aromatic N) is 5. The smallest absolute Gasteiger partial charge is 0.329 e. The number of likely N-dealkylation sites (N-methyl/N-ethyl adjacent to an activating group) is 1. The number of ether oxygens (including phenoxy) is 1. The van der Waals surface area contributed by atoms with Crippen LogP contribution in [0.2, 0.25) is 0 Å². The van der Waals surface area contributed by atoms with E-state index < -0.39 is 228 Å². The average Bonchev–Trinajstić information content (AvgIpc) is 1.55. The normalized spacial score (nSPS) is 33.8. The number of Topliss-reactive ketones (excluding diaryl/α,β-unsaturated/α-hetero) is 1. The number of piperidine rings is 1. The van der Waals surface area contributed by atoms with Crippen LogP contribution < -0.4 is 37.3 Å². The van der Waals surface area contributed by atoms with E-state index >= 15 is 24.0 Å². The van der Waals surface area contributed by atoms with E-state index in [-0.39, 0.29) is 68.5 Å². The van der Waals surface area contributed by atoms with Crippen molar-refractivity contribution in [2.45, 2.75) is 270 Å². The summed E-state index contributed by atoms with van der Waals surface area (Å²) in [6.07, 6.45) is -8.25. The largest absolute Gasteiger partial charge is 0.450 e. The lowest BCUT2D eigenvalue weighted by molar-refractivity contribution is -0.169. The van der Waals surface area contributed by atoms with Gasteiger partial charge in [-0.2, -0.15) is 0 Å². The van der Waals surface area contributed by atoms with E-state index in [1.807, 2.05) is 34.6 Å². The highest BCUT2D eigenvalue weighted by Gasteiger charge is 2.64. The van der Waals surface area contributed by atoms with Crippen molar-refractivity contribution < 1.29 is 87.8 Å². The van der Waals surface area contributed by atoms with Crippen molar-refractivity contribution in [3.8, 4) is 11.1 Å². The zero-order valence-corrected chi connectivity index (χ0v) is 64.4. The molecule has 10 amide bonds. The van der Waals surface area contributed by atoms with Gasteiger partial charge in [0.05, 0.1) is 36.3 Å². The van der Waals surface area contributed by atoms with Gasteiger partial charge in [0.15, 0.2) is 11.9 Å². The minimum absolute atomic E-state index is 0.0216. The Balaban J connectivity index is 1.02. The molecule has 0 spiro atoms. The lowest BCUT2D eigenvalue weighted by atomic mass is 9.86. The number of anilines is 1. The summed E-state index contributed by atoms with van der Waals surface area (Å²) in [7, 11) is 1.40. The van der Waals surface area contributed by atoms with E-state index in [1.54, 1.807) is 91.8 Å². The summed E-state index contributed by atoms with van der Waals surface area (Å²) in [6, 6.07) is -5.15. The van der Waals surface area contributed by atoms with Crippen LogP contribution in [0.3, 0.4) is 0 Å². The van der Waals surface area contributed by atoms with Crippen LogP contribution in [0.4, 0.5) is 5.69 Å². The molecule has 30 heteroatoms. The first-order valence-corrected chi connectivity index (χ1v) is 38.2. The maximum Gasteiger partial charge on any atom is 0.329 e. The Kier molecular flexibility index (Phi) is 24.2. The molecule has 0 aromatic heterocycles. The summed E-state index contributed by atoms with van der Waals surface area (Å²) in [6.45, 7) is 25.2. The van der Waals surface area contributed by atoms with E-state index in [9.17, 15) is 59.1 Å². The molecule has 7 aliphatic heterocycles. The van der Waals surface area contributed by atoms with Crippen LogP contribution in [0, 0.1) is 47.3 Å². The molecule has 10 rings (SSSR count). The van der Waals surface area contributed by atoms with Gasteiger partial charge in [-0.15, -0.1) is 0 Å². The third-order valence-corrected chi connectivity index (χ3v) is 23.1. The minimum atomic E-state index is -2.16. The number of aliphatic hydroxyl groups is 5. The van der Waals surface area contributed by atoms with E-state index in [0.717, 1.165) is 9.91 Å². The SMILES string of the molecule is CC(C)C[C@@H]1NC(=O)[C@H]2C[C@@H](O)CNN2C(=O)[C@H](C(C)C)N(C)C(=O)[C@@H](C(C)C)NC(=O)[C@@H]2C[C@@]3(O)c4cc(-c5ccc6c(c5)[C@]5(O)C[C@H]7C(=O)N[C@H](C(C)C)C(=O)O[C@@H](C(C)C)C(=O)N8CC[C@H](C)C[C@@H]8C(=O)N[C@@H](CC(C)C)C(=O)N[C@H]([C@H](C)O)C(=O)N7[C@@H]5N6)ccc4C[C@H]3N2C(=O)[C@@H]([C@H](C)O)CC1=O. The van der Waals surface area contributed by atoms with E-state index in [0.29, 0.717) is 34.4 Å². The van der Waals surface area contributed by atoms with Crippen LogP contribution in [0.25, 0.3) is 11.1 Å². The number of ketones is 1. The molecule has 588 valence electrons. The number of nitrogens with one attached hydrogen (secondary N) is 7.